The zero-order chi connectivity index (χ0) is 13.4. The fourth-order valence-corrected chi connectivity index (χ4v) is 6.88. The molecule has 0 aliphatic carbocycles. The van der Waals surface area contributed by atoms with Crippen molar-refractivity contribution in [1.29, 1.82) is 0 Å². The molecule has 0 bridgehead atoms. The first kappa shape index (κ1) is 18.1. The third-order valence-corrected chi connectivity index (χ3v) is 6.89. The lowest BCUT2D eigenvalue weighted by atomic mass is 10.2. The molecule has 0 radical (unpaired) electrons. The van der Waals surface area contributed by atoms with Crippen molar-refractivity contribution in [3.8, 4) is 0 Å². The summed E-state index contributed by atoms with van der Waals surface area (Å²) in [5, 5.41) is 0.346. The Labute approximate surface area is 123 Å². The van der Waals surface area contributed by atoms with Crippen LogP contribution in [0.4, 0.5) is 0 Å². The van der Waals surface area contributed by atoms with E-state index < -0.39 is 13.6 Å². The number of rotatable bonds is 2. The van der Waals surface area contributed by atoms with Crippen molar-refractivity contribution in [2.45, 2.75) is 44.8 Å². The number of benzene rings is 1. The molecule has 0 aliphatic heterocycles. The molecule has 2 nitrogen and oxygen atoms in total. The lowest BCUT2D eigenvalue weighted by Crippen LogP contribution is -2.13. The summed E-state index contributed by atoms with van der Waals surface area (Å²) in [4.78, 5) is 0.00589. The predicted molar refractivity (Wildman–Crippen MR) is 82.5 cm³/mol. The van der Waals surface area contributed by atoms with Gasteiger partial charge in [-0.05, 0) is 56.2 Å². The normalized spacial score (nSPS) is 12.1. The monoisotopic (exact) mass is 328 g/mol. The first-order valence-corrected chi connectivity index (χ1v) is 8.51. The van der Waals surface area contributed by atoms with E-state index in [-0.39, 0.29) is 22.4 Å². The van der Waals surface area contributed by atoms with Gasteiger partial charge in [0.25, 0.3) is 0 Å². The van der Waals surface area contributed by atoms with E-state index in [1.165, 1.54) is 0 Å². The Morgan fingerprint density at radius 1 is 1.11 bits per heavy atom. The number of hydrogen-bond donors (Lipinski definition) is 0. The van der Waals surface area contributed by atoms with Gasteiger partial charge < -0.3 is 0 Å². The summed E-state index contributed by atoms with van der Waals surface area (Å²) in [6.45, 7) is 7.28. The fraction of sp³-hybridized carbons (Fsp3) is 0.500. The smallest absolute Gasteiger partial charge is 0.212 e. The molecule has 0 unspecified atom stereocenters. The summed E-state index contributed by atoms with van der Waals surface area (Å²) < 4.78 is 24.0. The van der Waals surface area contributed by atoms with Gasteiger partial charge in [0.1, 0.15) is 4.90 Å². The minimum absolute atomic E-state index is 0. The van der Waals surface area contributed by atoms with Crippen molar-refractivity contribution in [1.82, 2.24) is 0 Å². The van der Waals surface area contributed by atoms with Gasteiger partial charge in [0.05, 0.1) is 10.0 Å². The Kier molecular flexibility index (Phi) is 6.07. The zero-order valence-corrected chi connectivity index (χ0v) is 13.2. The van der Waals surface area contributed by atoms with Gasteiger partial charge >= 0.3 is 0 Å². The van der Waals surface area contributed by atoms with Crippen molar-refractivity contribution in [3.63, 3.8) is 0 Å². The van der Waals surface area contributed by atoms with Crippen molar-refractivity contribution >= 4 is 42.9 Å². The zero-order valence-electron chi connectivity index (χ0n) is 10.0. The second-order valence-electron chi connectivity index (χ2n) is 4.71. The van der Waals surface area contributed by atoms with Crippen LogP contribution in [0, 0.1) is 6.92 Å². The van der Waals surface area contributed by atoms with Crippen LogP contribution >= 0.6 is 34.0 Å². The minimum Gasteiger partial charge on any atom is -0.212 e. The molecule has 104 valence electrons. The molecule has 6 heteroatoms. The molecule has 0 aromatic heterocycles. The quantitative estimate of drug-likeness (QED) is 0.703. The Morgan fingerprint density at radius 2 is 1.50 bits per heavy atom. The third-order valence-electron chi connectivity index (χ3n) is 1.75. The molecule has 0 saturated carbocycles. The van der Waals surface area contributed by atoms with Gasteiger partial charge in [-0.1, -0.05) is 30.6 Å². The van der Waals surface area contributed by atoms with Gasteiger partial charge in [0.2, 0.25) is 8.87 Å². The van der Waals surface area contributed by atoms with Crippen LogP contribution in [0.1, 0.15) is 33.8 Å². The summed E-state index contributed by atoms with van der Waals surface area (Å²) in [7, 11) is -2.69. The number of aryl methyl sites for hydroxylation is 1. The summed E-state index contributed by atoms with van der Waals surface area (Å²) in [5.41, 5.74) is 0.833. The first-order valence-electron chi connectivity index (χ1n) is 4.94. The van der Waals surface area contributed by atoms with Crippen LogP contribution in [0.15, 0.2) is 17.0 Å². The van der Waals surface area contributed by atoms with E-state index in [4.69, 9.17) is 23.2 Å². The Balaban J connectivity index is 0.00000289. The largest absolute Gasteiger partial charge is 0.233 e. The molecule has 0 atom stereocenters. The maximum absolute atomic E-state index is 12.2. The second kappa shape index (κ2) is 6.04. The second-order valence-corrected chi connectivity index (χ2v) is 10.0. The Bertz CT molecular complexity index is 508. The van der Waals surface area contributed by atoms with Crippen molar-refractivity contribution in [2.75, 3.05) is 0 Å². The molecule has 0 heterocycles. The van der Waals surface area contributed by atoms with Crippen LogP contribution in [0.3, 0.4) is 0 Å². The van der Waals surface area contributed by atoms with Crippen molar-refractivity contribution in [2.24, 2.45) is 0 Å². The fourth-order valence-electron chi connectivity index (χ4n) is 1.30. The van der Waals surface area contributed by atoms with Crippen LogP contribution in [0.25, 0.3) is 0 Å². The van der Waals surface area contributed by atoms with E-state index in [0.29, 0.717) is 0 Å². The molecule has 0 fully saturated rings. The molecule has 1 aromatic rings. The summed E-state index contributed by atoms with van der Waals surface area (Å²) in [6.07, 6.45) is 0. The molecule has 0 amide bonds. The molecule has 0 N–H and O–H groups in total. The van der Waals surface area contributed by atoms with E-state index in [2.05, 4.69) is 0 Å². The first-order chi connectivity index (χ1) is 7.53. The molecule has 1 aromatic carbocycles. The maximum atomic E-state index is 12.2. The topological polar surface area (TPSA) is 34.1 Å². The lowest BCUT2D eigenvalue weighted by molar-refractivity contribution is 0.609. The molecule has 18 heavy (non-hydrogen) atoms. The van der Waals surface area contributed by atoms with E-state index in [0.717, 1.165) is 16.4 Å². The summed E-state index contributed by atoms with van der Waals surface area (Å²) >= 11 is 11.9. The SMILES string of the molecule is C.Cc1cc(Cl)c(S(=O)(=O)SC(C)(C)C)c(Cl)c1. The highest BCUT2D eigenvalue weighted by atomic mass is 35.5. The van der Waals surface area contributed by atoms with Crippen LogP contribution in [-0.4, -0.2) is 13.2 Å². The number of hydrogen-bond acceptors (Lipinski definition) is 3. The summed E-state index contributed by atoms with van der Waals surface area (Å²) in [5.74, 6) is 0. The van der Waals surface area contributed by atoms with Gasteiger partial charge in [0, 0.05) is 4.75 Å². The van der Waals surface area contributed by atoms with Crippen LogP contribution < -0.4 is 0 Å². The Morgan fingerprint density at radius 3 is 1.83 bits per heavy atom. The standard InChI is InChI=1S/C11H14Cl2O2S2.CH4/c1-7-5-8(12)10(9(13)6-7)17(14,15)16-11(2,3)4;/h5-6H,1-4H3;1H4. The summed E-state index contributed by atoms with van der Waals surface area (Å²) in [6, 6.07) is 3.20. The predicted octanol–water partition coefficient (Wildman–Crippen LogP) is 5.16. The van der Waals surface area contributed by atoms with Crippen molar-refractivity contribution in [3.05, 3.63) is 27.7 Å². The molecular weight excluding hydrogens is 311 g/mol. The van der Waals surface area contributed by atoms with E-state index in [1.54, 1.807) is 12.1 Å². The van der Waals surface area contributed by atoms with Crippen LogP contribution in [0.2, 0.25) is 10.0 Å². The van der Waals surface area contributed by atoms with Crippen LogP contribution in [-0.2, 0) is 8.87 Å². The highest BCUT2D eigenvalue weighted by Crippen LogP contribution is 2.40. The van der Waals surface area contributed by atoms with Gasteiger partial charge in [-0.15, -0.1) is 0 Å². The number of halogens is 2. The van der Waals surface area contributed by atoms with Crippen LogP contribution in [0.5, 0.6) is 0 Å². The maximum Gasteiger partial charge on any atom is 0.233 e. The van der Waals surface area contributed by atoms with Gasteiger partial charge in [-0.25, -0.2) is 8.42 Å². The third kappa shape index (κ3) is 4.65. The average Bonchev–Trinajstić information content (AvgIpc) is 1.93. The molecule has 0 saturated heterocycles. The van der Waals surface area contributed by atoms with Crippen molar-refractivity contribution < 1.29 is 8.42 Å². The average molecular weight is 329 g/mol. The lowest BCUT2D eigenvalue weighted by Gasteiger charge is -2.18. The highest BCUT2D eigenvalue weighted by molar-refractivity contribution is 8.72. The van der Waals surface area contributed by atoms with E-state index >= 15 is 0 Å². The molecular formula is C12H18Cl2O2S2. The van der Waals surface area contributed by atoms with Gasteiger partial charge in [-0.3, -0.25) is 0 Å². The van der Waals surface area contributed by atoms with E-state index in [9.17, 15) is 8.42 Å². The Hall–Kier alpha value is 0.1000. The van der Waals surface area contributed by atoms with Gasteiger partial charge in [0.15, 0.2) is 0 Å². The van der Waals surface area contributed by atoms with E-state index in [1.807, 2.05) is 27.7 Å². The van der Waals surface area contributed by atoms with Gasteiger partial charge in [-0.2, -0.15) is 0 Å². The molecule has 0 spiro atoms. The molecule has 0 aliphatic rings. The highest BCUT2D eigenvalue weighted by Gasteiger charge is 2.28. The molecule has 1 rings (SSSR count). The minimum atomic E-state index is -3.54.